The SMILES string of the molecule is O=C(Nc1ccc2[nH]nc(-c3ccc(F)cc3)c2c1)[C@@H]1CCN(CC(=O)N2C[C@@H]3C[C@H]2CN3c2cccc(F)c2)C1. The van der Waals surface area contributed by atoms with Crippen molar-refractivity contribution in [2.45, 2.75) is 24.9 Å². The second kappa shape index (κ2) is 10.3. The Morgan fingerprint density at radius 2 is 1.80 bits per heavy atom. The van der Waals surface area contributed by atoms with Gasteiger partial charge >= 0.3 is 0 Å². The van der Waals surface area contributed by atoms with Crippen molar-refractivity contribution in [3.63, 3.8) is 0 Å². The number of nitrogens with zero attached hydrogens (tertiary/aromatic N) is 4. The third-order valence-corrected chi connectivity index (χ3v) is 8.65. The Morgan fingerprint density at radius 3 is 2.59 bits per heavy atom. The number of carbonyl (C=O) groups excluding carboxylic acids is 2. The summed E-state index contributed by atoms with van der Waals surface area (Å²) in [5.74, 6) is -0.747. The number of H-pyrrole nitrogens is 1. The molecule has 3 fully saturated rings. The number of hydrogen-bond acceptors (Lipinski definition) is 5. The number of aromatic amines is 1. The third kappa shape index (κ3) is 4.93. The lowest BCUT2D eigenvalue weighted by molar-refractivity contribution is -0.133. The van der Waals surface area contributed by atoms with Gasteiger partial charge in [0.1, 0.15) is 11.6 Å². The molecule has 0 radical (unpaired) electrons. The summed E-state index contributed by atoms with van der Waals surface area (Å²) in [4.78, 5) is 32.6. The summed E-state index contributed by atoms with van der Waals surface area (Å²) in [6.45, 7) is 2.89. The Bertz CT molecular complexity index is 1620. The maximum atomic E-state index is 13.7. The summed E-state index contributed by atoms with van der Waals surface area (Å²) < 4.78 is 27.1. The first-order valence-electron chi connectivity index (χ1n) is 14.0. The van der Waals surface area contributed by atoms with Crippen LogP contribution in [0.25, 0.3) is 22.2 Å². The van der Waals surface area contributed by atoms with Crippen LogP contribution >= 0.6 is 0 Å². The minimum Gasteiger partial charge on any atom is -0.365 e. The van der Waals surface area contributed by atoms with Gasteiger partial charge in [-0.2, -0.15) is 5.10 Å². The van der Waals surface area contributed by atoms with Crippen LogP contribution in [-0.2, 0) is 9.59 Å². The van der Waals surface area contributed by atoms with Crippen molar-refractivity contribution in [2.24, 2.45) is 5.92 Å². The minimum atomic E-state index is -0.311. The van der Waals surface area contributed by atoms with Gasteiger partial charge in [0.25, 0.3) is 0 Å². The number of anilines is 2. The van der Waals surface area contributed by atoms with Gasteiger partial charge in [-0.1, -0.05) is 6.07 Å². The van der Waals surface area contributed by atoms with Crippen LogP contribution in [0.3, 0.4) is 0 Å². The monoisotopic (exact) mass is 556 g/mol. The number of fused-ring (bicyclic) bond motifs is 3. The van der Waals surface area contributed by atoms with E-state index in [9.17, 15) is 18.4 Å². The maximum absolute atomic E-state index is 13.7. The Balaban J connectivity index is 0.946. The Hall–Kier alpha value is -4.31. The molecule has 0 saturated carbocycles. The first-order valence-corrected chi connectivity index (χ1v) is 14.0. The van der Waals surface area contributed by atoms with Crippen LogP contribution in [0.4, 0.5) is 20.2 Å². The number of carbonyl (C=O) groups is 2. The molecule has 3 aromatic carbocycles. The fourth-order valence-corrected chi connectivity index (χ4v) is 6.58. The number of amides is 2. The van der Waals surface area contributed by atoms with Gasteiger partial charge in [0.2, 0.25) is 11.8 Å². The van der Waals surface area contributed by atoms with E-state index < -0.39 is 0 Å². The van der Waals surface area contributed by atoms with Crippen molar-refractivity contribution in [2.75, 3.05) is 42.9 Å². The first-order chi connectivity index (χ1) is 19.9. The molecule has 41 heavy (non-hydrogen) atoms. The summed E-state index contributed by atoms with van der Waals surface area (Å²) in [6.07, 6.45) is 1.59. The van der Waals surface area contributed by atoms with Crippen LogP contribution in [0.2, 0.25) is 0 Å². The predicted octanol–water partition coefficient (Wildman–Crippen LogP) is 4.26. The average molecular weight is 557 g/mol. The van der Waals surface area contributed by atoms with Gasteiger partial charge in [-0.15, -0.1) is 0 Å². The topological polar surface area (TPSA) is 84.6 Å². The van der Waals surface area contributed by atoms with Gasteiger partial charge in [-0.05, 0) is 80.1 Å². The van der Waals surface area contributed by atoms with Gasteiger partial charge in [-0.25, -0.2) is 8.78 Å². The van der Waals surface area contributed by atoms with E-state index in [1.165, 1.54) is 18.2 Å². The lowest BCUT2D eigenvalue weighted by atomic mass is 10.1. The van der Waals surface area contributed by atoms with Crippen molar-refractivity contribution in [3.8, 4) is 11.3 Å². The number of piperazine rings is 1. The molecule has 2 N–H and O–H groups in total. The lowest BCUT2D eigenvalue weighted by Gasteiger charge is -2.36. The molecule has 2 amide bonds. The number of rotatable bonds is 6. The molecule has 2 bridgehead atoms. The van der Waals surface area contributed by atoms with Crippen molar-refractivity contribution in [1.82, 2.24) is 20.0 Å². The molecule has 3 saturated heterocycles. The minimum absolute atomic E-state index is 0.0721. The van der Waals surface area contributed by atoms with Crippen LogP contribution in [0.1, 0.15) is 12.8 Å². The van der Waals surface area contributed by atoms with Crippen LogP contribution in [0.5, 0.6) is 0 Å². The second-order valence-corrected chi connectivity index (χ2v) is 11.3. The van der Waals surface area contributed by atoms with E-state index in [-0.39, 0.29) is 41.5 Å². The van der Waals surface area contributed by atoms with Crippen LogP contribution in [0.15, 0.2) is 66.7 Å². The number of benzene rings is 3. The maximum Gasteiger partial charge on any atom is 0.237 e. The van der Waals surface area contributed by atoms with Gasteiger partial charge in [0.05, 0.1) is 29.7 Å². The standard InChI is InChI=1S/C31H30F2N6O2/c32-21-6-4-19(5-7-21)30-27-13-23(8-9-28(27)35-36-30)34-31(41)20-10-11-37(15-20)18-29(40)39-17-25-14-26(39)16-38(25)24-3-1-2-22(33)12-24/h1-9,12-13,20,25-26H,10-11,14-18H2,(H,34,41)(H,35,36)/t20-,25+,26+/m1/s1. The quantitative estimate of drug-likeness (QED) is 0.371. The summed E-state index contributed by atoms with van der Waals surface area (Å²) in [6, 6.07) is 18.7. The largest absolute Gasteiger partial charge is 0.365 e. The van der Waals surface area contributed by atoms with Crippen molar-refractivity contribution < 1.29 is 18.4 Å². The highest BCUT2D eigenvalue weighted by Gasteiger charge is 2.45. The highest BCUT2D eigenvalue weighted by molar-refractivity contribution is 5.99. The van der Waals surface area contributed by atoms with E-state index in [2.05, 4.69) is 25.3 Å². The van der Waals surface area contributed by atoms with Gasteiger partial charge in [-0.3, -0.25) is 19.6 Å². The molecule has 0 unspecified atom stereocenters. The molecule has 3 atom stereocenters. The molecule has 1 aromatic heterocycles. The molecular formula is C31H30F2N6O2. The van der Waals surface area contributed by atoms with E-state index in [4.69, 9.17) is 0 Å². The summed E-state index contributed by atoms with van der Waals surface area (Å²) in [5.41, 5.74) is 3.83. The fourth-order valence-electron chi connectivity index (χ4n) is 6.58. The highest BCUT2D eigenvalue weighted by atomic mass is 19.1. The predicted molar refractivity (Wildman–Crippen MR) is 152 cm³/mol. The average Bonchev–Trinajstić information content (AvgIpc) is 3.77. The number of halogens is 2. The molecule has 210 valence electrons. The summed E-state index contributed by atoms with van der Waals surface area (Å²) in [5, 5.41) is 11.2. The molecule has 0 aliphatic carbocycles. The lowest BCUT2D eigenvalue weighted by Crippen LogP contribution is -2.51. The van der Waals surface area contributed by atoms with Crippen molar-refractivity contribution in [1.29, 1.82) is 0 Å². The van der Waals surface area contributed by atoms with E-state index in [1.807, 2.05) is 29.2 Å². The van der Waals surface area contributed by atoms with Gasteiger partial charge in [0.15, 0.2) is 0 Å². The van der Waals surface area contributed by atoms with Crippen LogP contribution in [0, 0.1) is 17.6 Å². The molecule has 8 nitrogen and oxygen atoms in total. The zero-order chi connectivity index (χ0) is 28.1. The van der Waals surface area contributed by atoms with Crippen LogP contribution in [-0.4, -0.2) is 76.6 Å². The smallest absolute Gasteiger partial charge is 0.237 e. The molecule has 0 spiro atoms. The van der Waals surface area contributed by atoms with E-state index in [0.29, 0.717) is 44.0 Å². The summed E-state index contributed by atoms with van der Waals surface area (Å²) >= 11 is 0. The van der Waals surface area contributed by atoms with Crippen molar-refractivity contribution in [3.05, 3.63) is 78.4 Å². The molecule has 7 rings (SSSR count). The molecule has 10 heteroatoms. The van der Waals surface area contributed by atoms with E-state index >= 15 is 0 Å². The molecule has 4 aromatic rings. The van der Waals surface area contributed by atoms with Gasteiger partial charge in [0, 0.05) is 48.0 Å². The zero-order valence-corrected chi connectivity index (χ0v) is 22.4. The Morgan fingerprint density at radius 1 is 0.951 bits per heavy atom. The normalized spacial score (nSPS) is 22.1. The molecular weight excluding hydrogens is 526 g/mol. The molecule has 3 aliphatic heterocycles. The first kappa shape index (κ1) is 25.6. The number of nitrogens with one attached hydrogen (secondary N) is 2. The van der Waals surface area contributed by atoms with Gasteiger partial charge < -0.3 is 15.1 Å². The fraction of sp³-hybridized carbons (Fsp3) is 0.323. The highest BCUT2D eigenvalue weighted by Crippen LogP contribution is 2.35. The molecule has 4 heterocycles. The third-order valence-electron chi connectivity index (χ3n) is 8.65. The Kier molecular flexibility index (Phi) is 6.42. The summed E-state index contributed by atoms with van der Waals surface area (Å²) in [7, 11) is 0. The number of likely N-dealkylation sites (tertiary alicyclic amines) is 2. The number of aromatic nitrogens is 2. The van der Waals surface area contributed by atoms with Crippen LogP contribution < -0.4 is 10.2 Å². The van der Waals surface area contributed by atoms with E-state index in [1.54, 1.807) is 24.3 Å². The zero-order valence-electron chi connectivity index (χ0n) is 22.4. The van der Waals surface area contributed by atoms with E-state index in [0.717, 1.165) is 35.1 Å². The molecule has 3 aliphatic rings. The number of hydrogen-bond donors (Lipinski definition) is 2. The Labute approximate surface area is 235 Å². The second-order valence-electron chi connectivity index (χ2n) is 11.3. The van der Waals surface area contributed by atoms with Crippen molar-refractivity contribution >= 4 is 34.1 Å².